The maximum absolute atomic E-state index is 6.18. The molecular formula is C15H26N2O. The van der Waals surface area contributed by atoms with Crippen LogP contribution in [0.15, 0.2) is 22.8 Å². The van der Waals surface area contributed by atoms with Gasteiger partial charge in [0.15, 0.2) is 0 Å². The highest BCUT2D eigenvalue weighted by molar-refractivity contribution is 5.07. The summed E-state index contributed by atoms with van der Waals surface area (Å²) in [5, 5.41) is 0. The smallest absolute Gasteiger partial charge is 0.122 e. The zero-order chi connectivity index (χ0) is 13.2. The van der Waals surface area contributed by atoms with Crippen molar-refractivity contribution in [2.24, 2.45) is 11.1 Å². The SMILES string of the molecule is CC(N)C(c1ccco1)N1CCCC(C)(C)CC1. The fourth-order valence-electron chi connectivity index (χ4n) is 2.95. The molecule has 1 aromatic heterocycles. The fourth-order valence-corrected chi connectivity index (χ4v) is 2.95. The van der Waals surface area contributed by atoms with E-state index in [0.29, 0.717) is 5.41 Å². The Morgan fingerprint density at radius 1 is 1.33 bits per heavy atom. The minimum absolute atomic E-state index is 0.0948. The van der Waals surface area contributed by atoms with Crippen LogP contribution in [0.1, 0.15) is 51.8 Å². The van der Waals surface area contributed by atoms with Gasteiger partial charge < -0.3 is 10.2 Å². The molecule has 102 valence electrons. The van der Waals surface area contributed by atoms with Crippen LogP contribution < -0.4 is 5.73 Å². The van der Waals surface area contributed by atoms with Crippen molar-refractivity contribution in [3.63, 3.8) is 0 Å². The third-order valence-corrected chi connectivity index (χ3v) is 4.10. The van der Waals surface area contributed by atoms with Gasteiger partial charge in [0.05, 0.1) is 12.3 Å². The molecule has 2 heterocycles. The first-order valence-electron chi connectivity index (χ1n) is 7.03. The Morgan fingerprint density at radius 2 is 2.11 bits per heavy atom. The van der Waals surface area contributed by atoms with Gasteiger partial charge in [0, 0.05) is 6.04 Å². The van der Waals surface area contributed by atoms with Crippen LogP contribution >= 0.6 is 0 Å². The molecule has 18 heavy (non-hydrogen) atoms. The van der Waals surface area contributed by atoms with E-state index in [-0.39, 0.29) is 12.1 Å². The Morgan fingerprint density at radius 3 is 2.72 bits per heavy atom. The second kappa shape index (κ2) is 5.45. The summed E-state index contributed by atoms with van der Waals surface area (Å²) in [5.74, 6) is 1.00. The van der Waals surface area contributed by atoms with Crippen molar-refractivity contribution in [3.05, 3.63) is 24.2 Å². The maximum atomic E-state index is 6.18. The van der Waals surface area contributed by atoms with Crippen LogP contribution in [0.3, 0.4) is 0 Å². The highest BCUT2D eigenvalue weighted by Gasteiger charge is 2.30. The summed E-state index contributed by atoms with van der Waals surface area (Å²) in [5.41, 5.74) is 6.63. The molecule has 0 bridgehead atoms. The van der Waals surface area contributed by atoms with E-state index >= 15 is 0 Å². The lowest BCUT2D eigenvalue weighted by Gasteiger charge is -2.32. The zero-order valence-electron chi connectivity index (χ0n) is 11.9. The lowest BCUT2D eigenvalue weighted by molar-refractivity contribution is 0.155. The minimum atomic E-state index is 0.0948. The number of rotatable bonds is 3. The number of furan rings is 1. The summed E-state index contributed by atoms with van der Waals surface area (Å²) in [6.07, 6.45) is 5.52. The van der Waals surface area contributed by atoms with E-state index in [2.05, 4.69) is 25.7 Å². The maximum Gasteiger partial charge on any atom is 0.122 e. The standard InChI is InChI=1S/C15H26N2O/c1-12(16)14(13-6-4-11-18-13)17-9-5-7-15(2,3)8-10-17/h4,6,11-12,14H,5,7-10,16H2,1-3H3. The van der Waals surface area contributed by atoms with Crippen molar-refractivity contribution >= 4 is 0 Å². The molecule has 1 saturated heterocycles. The molecule has 0 aliphatic carbocycles. The van der Waals surface area contributed by atoms with E-state index in [1.807, 2.05) is 12.1 Å². The normalized spacial score (nSPS) is 24.4. The summed E-state index contributed by atoms with van der Waals surface area (Å²) in [6.45, 7) is 9.04. The summed E-state index contributed by atoms with van der Waals surface area (Å²) >= 11 is 0. The number of likely N-dealkylation sites (tertiary alicyclic amines) is 1. The third-order valence-electron chi connectivity index (χ3n) is 4.10. The van der Waals surface area contributed by atoms with Crippen molar-refractivity contribution in [3.8, 4) is 0 Å². The van der Waals surface area contributed by atoms with Crippen molar-refractivity contribution < 1.29 is 4.42 Å². The number of hydrogen-bond donors (Lipinski definition) is 1. The van der Waals surface area contributed by atoms with Crippen LogP contribution in [0.5, 0.6) is 0 Å². The molecule has 1 aliphatic rings. The second-order valence-corrected chi connectivity index (χ2v) is 6.37. The molecule has 2 atom stereocenters. The predicted octanol–water partition coefficient (Wildman–Crippen LogP) is 3.18. The van der Waals surface area contributed by atoms with Gasteiger partial charge in [-0.05, 0) is 56.8 Å². The molecular weight excluding hydrogens is 224 g/mol. The first kappa shape index (κ1) is 13.6. The van der Waals surface area contributed by atoms with Gasteiger partial charge in [-0.3, -0.25) is 4.90 Å². The van der Waals surface area contributed by atoms with Crippen LogP contribution in [0, 0.1) is 5.41 Å². The van der Waals surface area contributed by atoms with E-state index in [1.54, 1.807) is 6.26 Å². The Kier molecular flexibility index (Phi) is 4.13. The molecule has 0 spiro atoms. The molecule has 2 unspecified atom stereocenters. The van der Waals surface area contributed by atoms with Crippen LogP contribution in [0.4, 0.5) is 0 Å². The Bertz CT molecular complexity index is 357. The molecule has 2 N–H and O–H groups in total. The van der Waals surface area contributed by atoms with E-state index < -0.39 is 0 Å². The van der Waals surface area contributed by atoms with Gasteiger partial charge in [-0.25, -0.2) is 0 Å². The van der Waals surface area contributed by atoms with Gasteiger partial charge in [0.1, 0.15) is 5.76 Å². The Balaban J connectivity index is 2.12. The summed E-state index contributed by atoms with van der Waals surface area (Å²) in [4.78, 5) is 2.50. The fraction of sp³-hybridized carbons (Fsp3) is 0.733. The molecule has 1 aromatic rings. The van der Waals surface area contributed by atoms with Crippen molar-refractivity contribution in [1.29, 1.82) is 0 Å². The van der Waals surface area contributed by atoms with Crippen molar-refractivity contribution in [2.45, 2.75) is 52.1 Å². The van der Waals surface area contributed by atoms with Gasteiger partial charge >= 0.3 is 0 Å². The molecule has 0 amide bonds. The van der Waals surface area contributed by atoms with E-state index in [1.165, 1.54) is 19.3 Å². The zero-order valence-corrected chi connectivity index (χ0v) is 11.9. The van der Waals surface area contributed by atoms with E-state index in [0.717, 1.165) is 18.8 Å². The largest absolute Gasteiger partial charge is 0.468 e. The van der Waals surface area contributed by atoms with E-state index in [9.17, 15) is 0 Å². The Labute approximate surface area is 110 Å². The van der Waals surface area contributed by atoms with Gasteiger partial charge in [-0.15, -0.1) is 0 Å². The summed E-state index contributed by atoms with van der Waals surface area (Å²) in [7, 11) is 0. The van der Waals surface area contributed by atoms with Crippen LogP contribution in [0.25, 0.3) is 0 Å². The third kappa shape index (κ3) is 3.15. The first-order chi connectivity index (χ1) is 8.49. The average molecular weight is 250 g/mol. The second-order valence-electron chi connectivity index (χ2n) is 6.37. The lowest BCUT2D eigenvalue weighted by Crippen LogP contribution is -2.40. The summed E-state index contributed by atoms with van der Waals surface area (Å²) in [6, 6.07) is 4.31. The molecule has 2 rings (SSSR count). The predicted molar refractivity (Wildman–Crippen MR) is 74.3 cm³/mol. The molecule has 0 radical (unpaired) electrons. The number of nitrogens with zero attached hydrogens (tertiary/aromatic N) is 1. The minimum Gasteiger partial charge on any atom is -0.468 e. The summed E-state index contributed by atoms with van der Waals surface area (Å²) < 4.78 is 5.58. The average Bonchev–Trinajstić information content (AvgIpc) is 2.72. The van der Waals surface area contributed by atoms with E-state index in [4.69, 9.17) is 10.2 Å². The molecule has 3 heteroatoms. The number of nitrogens with two attached hydrogens (primary N) is 1. The van der Waals surface area contributed by atoms with Crippen LogP contribution in [-0.4, -0.2) is 24.0 Å². The lowest BCUT2D eigenvalue weighted by atomic mass is 9.85. The molecule has 3 nitrogen and oxygen atoms in total. The molecule has 0 aromatic carbocycles. The highest BCUT2D eigenvalue weighted by atomic mass is 16.3. The van der Waals surface area contributed by atoms with Crippen molar-refractivity contribution in [2.75, 3.05) is 13.1 Å². The Hall–Kier alpha value is -0.800. The number of hydrogen-bond acceptors (Lipinski definition) is 3. The van der Waals surface area contributed by atoms with Gasteiger partial charge in [0.25, 0.3) is 0 Å². The monoisotopic (exact) mass is 250 g/mol. The highest BCUT2D eigenvalue weighted by Crippen LogP contribution is 2.34. The van der Waals surface area contributed by atoms with Crippen molar-refractivity contribution in [1.82, 2.24) is 4.90 Å². The van der Waals surface area contributed by atoms with Crippen LogP contribution in [0.2, 0.25) is 0 Å². The molecule has 1 aliphatic heterocycles. The van der Waals surface area contributed by atoms with Gasteiger partial charge in [-0.1, -0.05) is 13.8 Å². The van der Waals surface area contributed by atoms with Gasteiger partial charge in [0.2, 0.25) is 0 Å². The molecule has 1 fully saturated rings. The van der Waals surface area contributed by atoms with Crippen LogP contribution in [-0.2, 0) is 0 Å². The quantitative estimate of drug-likeness (QED) is 0.896. The topological polar surface area (TPSA) is 42.4 Å². The van der Waals surface area contributed by atoms with Gasteiger partial charge in [-0.2, -0.15) is 0 Å². The first-order valence-corrected chi connectivity index (χ1v) is 7.03. The molecule has 0 saturated carbocycles.